The molecule has 14 heavy (non-hydrogen) atoms. The van der Waals surface area contributed by atoms with Crippen molar-refractivity contribution < 1.29 is 18.6 Å². The maximum atomic E-state index is 11.4. The monoisotopic (exact) mass is 224 g/mol. The molecule has 0 bridgehead atoms. The molecule has 0 saturated heterocycles. The standard InChI is InChI=1S/C7H15O4P.C2H6/c1-4-10-7(8)6-12(3,9)11-5-2;1-2/h4-6H2,1-3H3;1-2H3. The van der Waals surface area contributed by atoms with Crippen molar-refractivity contribution in [3.8, 4) is 0 Å². The molecule has 0 fully saturated rings. The predicted octanol–water partition coefficient (Wildman–Crippen LogP) is 2.52. The predicted molar refractivity (Wildman–Crippen MR) is 58.0 cm³/mol. The minimum absolute atomic E-state index is 0.130. The minimum Gasteiger partial charge on any atom is -0.466 e. The lowest BCUT2D eigenvalue weighted by Crippen LogP contribution is -2.10. The van der Waals surface area contributed by atoms with Gasteiger partial charge in [0.1, 0.15) is 6.16 Å². The molecular weight excluding hydrogens is 203 g/mol. The summed E-state index contributed by atoms with van der Waals surface area (Å²) in [5.74, 6) is -0.461. The lowest BCUT2D eigenvalue weighted by molar-refractivity contribution is -0.140. The fourth-order valence-corrected chi connectivity index (χ4v) is 1.96. The van der Waals surface area contributed by atoms with Crippen LogP contribution in [0, 0.1) is 0 Å². The van der Waals surface area contributed by atoms with E-state index in [9.17, 15) is 9.36 Å². The Morgan fingerprint density at radius 1 is 1.21 bits per heavy atom. The average Bonchev–Trinajstić information content (AvgIpc) is 2.06. The van der Waals surface area contributed by atoms with E-state index in [4.69, 9.17) is 4.52 Å². The quantitative estimate of drug-likeness (QED) is 0.532. The Morgan fingerprint density at radius 2 is 1.71 bits per heavy atom. The first-order valence-electron chi connectivity index (χ1n) is 4.88. The van der Waals surface area contributed by atoms with Crippen LogP contribution in [0.1, 0.15) is 27.7 Å². The smallest absolute Gasteiger partial charge is 0.315 e. The molecule has 86 valence electrons. The third-order valence-electron chi connectivity index (χ3n) is 1.12. The zero-order chi connectivity index (χ0) is 11.6. The Balaban J connectivity index is 0. The summed E-state index contributed by atoms with van der Waals surface area (Å²) >= 11 is 0. The Labute approximate surface area is 86.4 Å². The highest BCUT2D eigenvalue weighted by Gasteiger charge is 2.20. The molecule has 0 aliphatic rings. The zero-order valence-corrected chi connectivity index (χ0v) is 10.6. The highest BCUT2D eigenvalue weighted by Crippen LogP contribution is 2.41. The van der Waals surface area contributed by atoms with Gasteiger partial charge in [-0.1, -0.05) is 13.8 Å². The van der Waals surface area contributed by atoms with Gasteiger partial charge in [0.25, 0.3) is 0 Å². The number of carbonyl (C=O) groups excluding carboxylic acids is 1. The number of hydrogen-bond acceptors (Lipinski definition) is 4. The van der Waals surface area contributed by atoms with Gasteiger partial charge in [0.15, 0.2) is 0 Å². The fraction of sp³-hybridized carbons (Fsp3) is 0.889. The number of rotatable bonds is 5. The summed E-state index contributed by atoms with van der Waals surface area (Å²) < 4.78 is 20.9. The molecule has 0 saturated carbocycles. The molecule has 5 heteroatoms. The van der Waals surface area contributed by atoms with Gasteiger partial charge in [-0.15, -0.1) is 0 Å². The van der Waals surface area contributed by atoms with Crippen molar-refractivity contribution in [2.45, 2.75) is 27.7 Å². The molecule has 0 aromatic heterocycles. The van der Waals surface area contributed by atoms with Crippen LogP contribution in [0.5, 0.6) is 0 Å². The van der Waals surface area contributed by atoms with Gasteiger partial charge >= 0.3 is 5.97 Å². The van der Waals surface area contributed by atoms with Crippen LogP contribution < -0.4 is 0 Å². The first-order valence-corrected chi connectivity index (χ1v) is 7.14. The van der Waals surface area contributed by atoms with Gasteiger partial charge in [-0.25, -0.2) is 0 Å². The maximum absolute atomic E-state index is 11.4. The van der Waals surface area contributed by atoms with Crippen molar-refractivity contribution in [1.82, 2.24) is 0 Å². The van der Waals surface area contributed by atoms with E-state index < -0.39 is 13.3 Å². The largest absolute Gasteiger partial charge is 0.466 e. The minimum atomic E-state index is -2.75. The van der Waals surface area contributed by atoms with E-state index in [2.05, 4.69) is 4.74 Å². The van der Waals surface area contributed by atoms with Gasteiger partial charge in [0, 0.05) is 6.66 Å². The van der Waals surface area contributed by atoms with E-state index in [0.717, 1.165) is 0 Å². The second kappa shape index (κ2) is 9.22. The van der Waals surface area contributed by atoms with Crippen LogP contribution in [0.15, 0.2) is 0 Å². The first-order chi connectivity index (χ1) is 6.52. The second-order valence-corrected chi connectivity index (χ2v) is 5.00. The topological polar surface area (TPSA) is 52.6 Å². The van der Waals surface area contributed by atoms with Crippen molar-refractivity contribution in [3.05, 3.63) is 0 Å². The molecular formula is C9H21O4P. The van der Waals surface area contributed by atoms with E-state index in [1.54, 1.807) is 13.8 Å². The lowest BCUT2D eigenvalue weighted by Gasteiger charge is -2.10. The van der Waals surface area contributed by atoms with Crippen molar-refractivity contribution in [3.63, 3.8) is 0 Å². The summed E-state index contributed by atoms with van der Waals surface area (Å²) in [7, 11) is -2.75. The molecule has 0 heterocycles. The molecule has 0 rings (SSSR count). The van der Waals surface area contributed by atoms with Gasteiger partial charge in [0.05, 0.1) is 13.2 Å². The zero-order valence-electron chi connectivity index (χ0n) is 9.70. The van der Waals surface area contributed by atoms with Crippen LogP contribution in [-0.4, -0.2) is 32.0 Å². The Hall–Kier alpha value is -0.340. The Bertz CT molecular complexity index is 191. The van der Waals surface area contributed by atoms with Gasteiger partial charge in [-0.2, -0.15) is 0 Å². The van der Waals surface area contributed by atoms with Gasteiger partial charge < -0.3 is 9.26 Å². The number of ether oxygens (including phenoxy) is 1. The number of esters is 1. The molecule has 1 atom stereocenters. The van der Waals surface area contributed by atoms with E-state index in [1.807, 2.05) is 13.8 Å². The molecule has 0 aromatic carbocycles. The average molecular weight is 224 g/mol. The van der Waals surface area contributed by atoms with Crippen molar-refractivity contribution >= 4 is 13.3 Å². The summed E-state index contributed by atoms with van der Waals surface area (Å²) in [5.41, 5.74) is 0. The molecule has 0 N–H and O–H groups in total. The number of hydrogen-bond donors (Lipinski definition) is 0. The molecule has 0 radical (unpaired) electrons. The molecule has 0 amide bonds. The lowest BCUT2D eigenvalue weighted by atomic mass is 10.8. The van der Waals surface area contributed by atoms with Gasteiger partial charge in [-0.3, -0.25) is 9.36 Å². The molecule has 4 nitrogen and oxygen atoms in total. The maximum Gasteiger partial charge on any atom is 0.315 e. The molecule has 0 spiro atoms. The van der Waals surface area contributed by atoms with Crippen LogP contribution in [-0.2, 0) is 18.6 Å². The summed E-state index contributed by atoms with van der Waals surface area (Å²) in [5, 5.41) is 0. The van der Waals surface area contributed by atoms with E-state index in [0.29, 0.717) is 13.2 Å². The van der Waals surface area contributed by atoms with E-state index >= 15 is 0 Å². The first kappa shape index (κ1) is 16.1. The highest BCUT2D eigenvalue weighted by molar-refractivity contribution is 7.59. The van der Waals surface area contributed by atoms with Crippen LogP contribution in [0.25, 0.3) is 0 Å². The van der Waals surface area contributed by atoms with Crippen LogP contribution in [0.2, 0.25) is 0 Å². The summed E-state index contributed by atoms with van der Waals surface area (Å²) in [6.07, 6.45) is -0.130. The van der Waals surface area contributed by atoms with Crippen LogP contribution in [0.3, 0.4) is 0 Å². The van der Waals surface area contributed by atoms with Gasteiger partial charge in [-0.05, 0) is 13.8 Å². The molecule has 0 aliphatic heterocycles. The van der Waals surface area contributed by atoms with Crippen molar-refractivity contribution in [2.24, 2.45) is 0 Å². The fourth-order valence-electron chi connectivity index (χ4n) is 0.760. The third-order valence-corrected chi connectivity index (χ3v) is 2.76. The number of carbonyl (C=O) groups is 1. The SMILES string of the molecule is CC.CCOC(=O)CP(C)(=O)OCC. The Kier molecular flexibility index (Phi) is 10.6. The summed E-state index contributed by atoms with van der Waals surface area (Å²) in [6, 6.07) is 0. The summed E-state index contributed by atoms with van der Waals surface area (Å²) in [6.45, 7) is 9.55. The van der Waals surface area contributed by atoms with Crippen LogP contribution in [0.4, 0.5) is 0 Å². The second-order valence-electron chi connectivity index (χ2n) is 2.40. The normalized spacial score (nSPS) is 13.5. The van der Waals surface area contributed by atoms with E-state index in [1.165, 1.54) is 6.66 Å². The van der Waals surface area contributed by atoms with Gasteiger partial charge in [0.2, 0.25) is 7.37 Å². The third kappa shape index (κ3) is 9.75. The van der Waals surface area contributed by atoms with Crippen molar-refractivity contribution in [2.75, 3.05) is 26.0 Å². The molecule has 0 aromatic rings. The highest BCUT2D eigenvalue weighted by atomic mass is 31.2. The van der Waals surface area contributed by atoms with E-state index in [-0.39, 0.29) is 6.16 Å². The molecule has 0 aliphatic carbocycles. The Morgan fingerprint density at radius 3 is 2.07 bits per heavy atom. The van der Waals surface area contributed by atoms with Crippen molar-refractivity contribution in [1.29, 1.82) is 0 Å². The van der Waals surface area contributed by atoms with Crippen LogP contribution >= 0.6 is 7.37 Å². The molecule has 1 unspecified atom stereocenters. The summed E-state index contributed by atoms with van der Waals surface area (Å²) in [4.78, 5) is 10.9.